The molecule has 0 spiro atoms. The molecule has 0 saturated heterocycles. The lowest BCUT2D eigenvalue weighted by atomic mass is 10.2. The number of nitrogens with zero attached hydrogens (tertiary/aromatic N) is 1. The van der Waals surface area contributed by atoms with Crippen molar-refractivity contribution in [2.45, 2.75) is 26.2 Å². The fraction of sp³-hybridized carbons (Fsp3) is 0.412. The quantitative estimate of drug-likeness (QED) is 0.416. The van der Waals surface area contributed by atoms with Crippen molar-refractivity contribution in [2.24, 2.45) is 0 Å². The molecular weight excluding hydrogens is 294 g/mol. The van der Waals surface area contributed by atoms with E-state index >= 15 is 0 Å². The number of benzene rings is 1. The Labute approximate surface area is 137 Å². The van der Waals surface area contributed by atoms with Crippen LogP contribution in [0.1, 0.15) is 26.2 Å². The van der Waals surface area contributed by atoms with Gasteiger partial charge >= 0.3 is 0 Å². The first kappa shape index (κ1) is 18.4. The predicted molar refractivity (Wildman–Crippen MR) is 89.4 cm³/mol. The molecule has 0 fully saturated rings. The Balaban J connectivity index is 2.76. The zero-order valence-corrected chi connectivity index (χ0v) is 13.8. The summed E-state index contributed by atoms with van der Waals surface area (Å²) in [4.78, 5) is 12.2. The van der Waals surface area contributed by atoms with E-state index in [1.807, 2.05) is 6.07 Å². The molecule has 0 radical (unpaired) electrons. The molecule has 0 aromatic heterocycles. The number of carbonyl (C=O) groups excluding carboxylic acids is 1. The van der Waals surface area contributed by atoms with Gasteiger partial charge in [0.1, 0.15) is 23.1 Å². The number of ether oxygens (including phenoxy) is 2. The van der Waals surface area contributed by atoms with E-state index in [-0.39, 0.29) is 5.57 Å². The van der Waals surface area contributed by atoms with Crippen LogP contribution < -0.4 is 20.1 Å². The van der Waals surface area contributed by atoms with Crippen molar-refractivity contribution >= 4 is 11.6 Å². The van der Waals surface area contributed by atoms with Gasteiger partial charge in [0.2, 0.25) is 0 Å². The van der Waals surface area contributed by atoms with Crippen molar-refractivity contribution in [3.05, 3.63) is 30.0 Å². The lowest BCUT2D eigenvalue weighted by molar-refractivity contribution is -0.112. The number of nitrogens with one attached hydrogen (secondary N) is 2. The van der Waals surface area contributed by atoms with Crippen molar-refractivity contribution in [2.75, 3.05) is 26.1 Å². The van der Waals surface area contributed by atoms with Gasteiger partial charge in [-0.2, -0.15) is 5.26 Å². The summed E-state index contributed by atoms with van der Waals surface area (Å²) in [6.07, 6.45) is 4.66. The van der Waals surface area contributed by atoms with Crippen LogP contribution in [0.5, 0.6) is 11.5 Å². The molecule has 6 heteroatoms. The normalized spacial score (nSPS) is 10.6. The third-order valence-corrected chi connectivity index (χ3v) is 3.19. The molecule has 0 saturated carbocycles. The highest BCUT2D eigenvalue weighted by Crippen LogP contribution is 2.29. The molecule has 124 valence electrons. The molecule has 0 aliphatic carbocycles. The molecule has 1 rings (SSSR count). The van der Waals surface area contributed by atoms with Gasteiger partial charge in [0.25, 0.3) is 5.91 Å². The van der Waals surface area contributed by atoms with E-state index in [2.05, 4.69) is 17.6 Å². The molecule has 0 unspecified atom stereocenters. The minimum atomic E-state index is -0.498. The summed E-state index contributed by atoms with van der Waals surface area (Å²) < 4.78 is 10.3. The minimum Gasteiger partial charge on any atom is -0.497 e. The summed E-state index contributed by atoms with van der Waals surface area (Å²) in [5, 5.41) is 14.8. The number of hydrogen-bond donors (Lipinski definition) is 2. The maximum atomic E-state index is 12.2. The highest BCUT2D eigenvalue weighted by Gasteiger charge is 2.13. The van der Waals surface area contributed by atoms with E-state index in [0.717, 1.165) is 25.8 Å². The van der Waals surface area contributed by atoms with Crippen LogP contribution >= 0.6 is 0 Å². The van der Waals surface area contributed by atoms with Crippen LogP contribution in [0.3, 0.4) is 0 Å². The predicted octanol–water partition coefficient (Wildman–Crippen LogP) is 2.83. The number of hydrogen-bond acceptors (Lipinski definition) is 5. The van der Waals surface area contributed by atoms with Crippen LogP contribution in [0, 0.1) is 11.3 Å². The number of nitriles is 1. The number of amides is 1. The standard InChI is InChI=1S/C17H23N3O3/c1-4-5-6-9-19-12-13(11-18)17(21)20-15-10-14(22-2)7-8-16(15)23-3/h7-8,10,12,19H,4-6,9H2,1-3H3,(H,20,21)/b13-12-. The van der Waals surface area contributed by atoms with Crippen molar-refractivity contribution in [3.8, 4) is 17.6 Å². The first-order chi connectivity index (χ1) is 11.2. The molecule has 0 heterocycles. The van der Waals surface area contributed by atoms with Crippen molar-refractivity contribution < 1.29 is 14.3 Å². The molecule has 23 heavy (non-hydrogen) atoms. The van der Waals surface area contributed by atoms with Gasteiger partial charge in [0.15, 0.2) is 0 Å². The Hall–Kier alpha value is -2.68. The largest absolute Gasteiger partial charge is 0.497 e. The second kappa shape index (κ2) is 10.1. The van der Waals surface area contributed by atoms with E-state index in [1.165, 1.54) is 20.4 Å². The third kappa shape index (κ3) is 5.91. The Bertz CT molecular complexity index is 591. The number of unbranched alkanes of at least 4 members (excludes halogenated alkanes) is 2. The second-order valence-electron chi connectivity index (χ2n) is 4.85. The molecule has 0 atom stereocenters. The summed E-state index contributed by atoms with van der Waals surface area (Å²) in [7, 11) is 3.04. The summed E-state index contributed by atoms with van der Waals surface area (Å²) in [6.45, 7) is 2.85. The molecule has 0 bridgehead atoms. The van der Waals surface area contributed by atoms with Crippen molar-refractivity contribution in [1.82, 2.24) is 5.32 Å². The highest BCUT2D eigenvalue weighted by molar-refractivity contribution is 6.07. The van der Waals surface area contributed by atoms with Crippen LogP contribution in [-0.2, 0) is 4.79 Å². The molecule has 0 aliphatic heterocycles. The molecule has 0 aliphatic rings. The van der Waals surface area contributed by atoms with Gasteiger partial charge in [0.05, 0.1) is 19.9 Å². The maximum absolute atomic E-state index is 12.2. The lowest BCUT2D eigenvalue weighted by Crippen LogP contribution is -2.17. The van der Waals surface area contributed by atoms with Crippen molar-refractivity contribution in [1.29, 1.82) is 5.26 Å². The fourth-order valence-electron chi connectivity index (χ4n) is 1.90. The Morgan fingerprint density at radius 2 is 2.09 bits per heavy atom. The average molecular weight is 317 g/mol. The first-order valence-corrected chi connectivity index (χ1v) is 7.53. The summed E-state index contributed by atoms with van der Waals surface area (Å²) in [5.41, 5.74) is 0.454. The second-order valence-corrected chi connectivity index (χ2v) is 4.85. The van der Waals surface area contributed by atoms with Gasteiger partial charge in [-0.3, -0.25) is 4.79 Å². The zero-order chi connectivity index (χ0) is 17.1. The first-order valence-electron chi connectivity index (χ1n) is 7.53. The molecule has 2 N–H and O–H groups in total. The molecule has 1 aromatic rings. The van der Waals surface area contributed by atoms with Crippen LogP contribution in [0.25, 0.3) is 0 Å². The lowest BCUT2D eigenvalue weighted by Gasteiger charge is -2.11. The number of methoxy groups -OCH3 is 2. The SMILES string of the molecule is CCCCCN/C=C(/C#N)C(=O)Nc1cc(OC)ccc1OC. The van der Waals surface area contributed by atoms with Gasteiger partial charge < -0.3 is 20.1 Å². The topological polar surface area (TPSA) is 83.4 Å². The summed E-state index contributed by atoms with van der Waals surface area (Å²) in [6, 6.07) is 6.95. The van der Waals surface area contributed by atoms with Gasteiger partial charge in [-0.25, -0.2) is 0 Å². The molecule has 1 aromatic carbocycles. The Morgan fingerprint density at radius 1 is 1.30 bits per heavy atom. The van der Waals surface area contributed by atoms with Gasteiger partial charge in [0, 0.05) is 18.8 Å². The third-order valence-electron chi connectivity index (χ3n) is 3.19. The molecular formula is C17H23N3O3. The van der Waals surface area contributed by atoms with E-state index < -0.39 is 5.91 Å². The van der Waals surface area contributed by atoms with Gasteiger partial charge in [-0.15, -0.1) is 0 Å². The van der Waals surface area contributed by atoms with E-state index in [0.29, 0.717) is 17.2 Å². The van der Waals surface area contributed by atoms with Crippen LogP contribution in [-0.4, -0.2) is 26.7 Å². The number of rotatable bonds is 9. The minimum absolute atomic E-state index is 0.00590. The van der Waals surface area contributed by atoms with Crippen LogP contribution in [0.15, 0.2) is 30.0 Å². The van der Waals surface area contributed by atoms with E-state index in [4.69, 9.17) is 14.7 Å². The molecule has 6 nitrogen and oxygen atoms in total. The van der Waals surface area contributed by atoms with Gasteiger partial charge in [-0.05, 0) is 18.6 Å². The van der Waals surface area contributed by atoms with Crippen molar-refractivity contribution in [3.63, 3.8) is 0 Å². The highest BCUT2D eigenvalue weighted by atomic mass is 16.5. The Morgan fingerprint density at radius 3 is 2.70 bits per heavy atom. The monoisotopic (exact) mass is 317 g/mol. The number of carbonyl (C=O) groups is 1. The number of anilines is 1. The summed E-state index contributed by atoms with van der Waals surface area (Å²) in [5.74, 6) is 0.579. The van der Waals surface area contributed by atoms with E-state index in [9.17, 15) is 4.79 Å². The fourth-order valence-corrected chi connectivity index (χ4v) is 1.90. The summed E-state index contributed by atoms with van der Waals surface area (Å²) >= 11 is 0. The van der Waals surface area contributed by atoms with Crippen LogP contribution in [0.4, 0.5) is 5.69 Å². The Kier molecular flexibility index (Phi) is 8.08. The zero-order valence-electron chi connectivity index (χ0n) is 13.8. The molecule has 1 amide bonds. The van der Waals surface area contributed by atoms with Crippen LogP contribution in [0.2, 0.25) is 0 Å². The maximum Gasteiger partial charge on any atom is 0.267 e. The average Bonchev–Trinajstić information content (AvgIpc) is 2.57. The van der Waals surface area contributed by atoms with Gasteiger partial charge in [-0.1, -0.05) is 19.8 Å². The smallest absolute Gasteiger partial charge is 0.267 e. The van der Waals surface area contributed by atoms with E-state index in [1.54, 1.807) is 18.2 Å².